The Labute approximate surface area is 151 Å². The van der Waals surface area contributed by atoms with Crippen LogP contribution in [0.2, 0.25) is 0 Å². The standard InChI is InChI=1S/C20H21FN2O3/c21-17-5-1-2-6-18(17)26-14-19(24)22-13-15-7-9-16(10-8-15)20(25)23-11-3-4-12-23/h1-2,5-10H,3-4,11-14H2,(H,22,24). The van der Waals surface area contributed by atoms with Gasteiger partial charge in [-0.15, -0.1) is 0 Å². The minimum Gasteiger partial charge on any atom is -0.481 e. The van der Waals surface area contributed by atoms with Crippen molar-refractivity contribution < 1.29 is 18.7 Å². The Morgan fingerprint density at radius 2 is 1.73 bits per heavy atom. The second kappa shape index (κ2) is 8.47. The lowest BCUT2D eigenvalue weighted by Crippen LogP contribution is -2.29. The molecule has 26 heavy (non-hydrogen) atoms. The summed E-state index contributed by atoms with van der Waals surface area (Å²) in [5, 5.41) is 2.71. The highest BCUT2D eigenvalue weighted by atomic mass is 19.1. The number of benzene rings is 2. The molecule has 1 fully saturated rings. The van der Waals surface area contributed by atoms with E-state index in [2.05, 4.69) is 5.32 Å². The molecule has 0 aromatic heterocycles. The topological polar surface area (TPSA) is 58.6 Å². The first-order valence-electron chi connectivity index (χ1n) is 8.66. The van der Waals surface area contributed by atoms with E-state index < -0.39 is 5.82 Å². The molecule has 0 radical (unpaired) electrons. The molecule has 6 heteroatoms. The van der Waals surface area contributed by atoms with E-state index in [9.17, 15) is 14.0 Å². The third-order valence-corrected chi connectivity index (χ3v) is 4.28. The van der Waals surface area contributed by atoms with Crippen molar-refractivity contribution in [1.82, 2.24) is 10.2 Å². The first kappa shape index (κ1) is 17.9. The van der Waals surface area contributed by atoms with Crippen molar-refractivity contribution in [3.63, 3.8) is 0 Å². The number of hydrogen-bond donors (Lipinski definition) is 1. The average Bonchev–Trinajstić information content (AvgIpc) is 3.20. The van der Waals surface area contributed by atoms with Crippen LogP contribution in [-0.4, -0.2) is 36.4 Å². The van der Waals surface area contributed by atoms with Gasteiger partial charge in [0.2, 0.25) is 0 Å². The molecule has 136 valence electrons. The van der Waals surface area contributed by atoms with Gasteiger partial charge < -0.3 is 15.0 Å². The van der Waals surface area contributed by atoms with E-state index in [4.69, 9.17) is 4.74 Å². The van der Waals surface area contributed by atoms with Crippen molar-refractivity contribution in [2.75, 3.05) is 19.7 Å². The summed E-state index contributed by atoms with van der Waals surface area (Å²) in [6, 6.07) is 13.1. The summed E-state index contributed by atoms with van der Waals surface area (Å²) in [5.74, 6) is -0.743. The number of rotatable bonds is 6. The number of carbonyl (C=O) groups excluding carboxylic acids is 2. The molecule has 0 unspecified atom stereocenters. The van der Waals surface area contributed by atoms with Gasteiger partial charge in [-0.1, -0.05) is 24.3 Å². The van der Waals surface area contributed by atoms with Crippen molar-refractivity contribution in [3.05, 3.63) is 65.5 Å². The van der Waals surface area contributed by atoms with Crippen LogP contribution in [0, 0.1) is 5.82 Å². The molecule has 2 aromatic carbocycles. The van der Waals surface area contributed by atoms with Crippen LogP contribution in [0.1, 0.15) is 28.8 Å². The summed E-state index contributed by atoms with van der Waals surface area (Å²) in [7, 11) is 0. The van der Waals surface area contributed by atoms with Gasteiger partial charge in [0.25, 0.3) is 11.8 Å². The highest BCUT2D eigenvalue weighted by Gasteiger charge is 2.19. The molecular weight excluding hydrogens is 335 g/mol. The first-order valence-corrected chi connectivity index (χ1v) is 8.66. The Morgan fingerprint density at radius 3 is 2.42 bits per heavy atom. The number of ether oxygens (including phenoxy) is 1. The molecule has 1 heterocycles. The smallest absolute Gasteiger partial charge is 0.258 e. The molecule has 1 aliphatic rings. The zero-order chi connectivity index (χ0) is 18.4. The third kappa shape index (κ3) is 4.59. The van der Waals surface area contributed by atoms with Crippen LogP contribution in [0.5, 0.6) is 5.75 Å². The summed E-state index contributed by atoms with van der Waals surface area (Å²) >= 11 is 0. The number of halogens is 1. The average molecular weight is 356 g/mol. The zero-order valence-electron chi connectivity index (χ0n) is 14.4. The molecule has 0 saturated carbocycles. The summed E-state index contributed by atoms with van der Waals surface area (Å²) in [6.07, 6.45) is 2.12. The van der Waals surface area contributed by atoms with Gasteiger partial charge in [-0.05, 0) is 42.7 Å². The summed E-state index contributed by atoms with van der Waals surface area (Å²) in [6.45, 7) is 1.70. The van der Waals surface area contributed by atoms with Crippen LogP contribution >= 0.6 is 0 Å². The van der Waals surface area contributed by atoms with E-state index in [1.807, 2.05) is 17.0 Å². The van der Waals surface area contributed by atoms with E-state index in [1.54, 1.807) is 24.3 Å². The van der Waals surface area contributed by atoms with Crippen molar-refractivity contribution in [1.29, 1.82) is 0 Å². The lowest BCUT2D eigenvalue weighted by molar-refractivity contribution is -0.123. The van der Waals surface area contributed by atoms with Crippen molar-refractivity contribution in [2.45, 2.75) is 19.4 Å². The van der Waals surface area contributed by atoms with E-state index in [-0.39, 0.29) is 24.2 Å². The summed E-state index contributed by atoms with van der Waals surface area (Å²) in [4.78, 5) is 26.0. The molecule has 1 N–H and O–H groups in total. The van der Waals surface area contributed by atoms with E-state index in [0.717, 1.165) is 31.5 Å². The molecular formula is C20H21FN2O3. The highest BCUT2D eigenvalue weighted by molar-refractivity contribution is 5.94. The van der Waals surface area contributed by atoms with Gasteiger partial charge in [-0.25, -0.2) is 4.39 Å². The molecule has 3 rings (SSSR count). The van der Waals surface area contributed by atoms with Crippen LogP contribution in [0.25, 0.3) is 0 Å². The Kier molecular flexibility index (Phi) is 5.84. The van der Waals surface area contributed by atoms with Gasteiger partial charge in [0.1, 0.15) is 0 Å². The monoisotopic (exact) mass is 356 g/mol. The SMILES string of the molecule is O=C(COc1ccccc1F)NCc1ccc(C(=O)N2CCCC2)cc1. The number of para-hydroxylation sites is 1. The lowest BCUT2D eigenvalue weighted by Gasteiger charge is -2.15. The number of carbonyl (C=O) groups is 2. The third-order valence-electron chi connectivity index (χ3n) is 4.28. The van der Waals surface area contributed by atoms with Gasteiger partial charge in [0.15, 0.2) is 18.2 Å². The van der Waals surface area contributed by atoms with Crippen LogP contribution in [-0.2, 0) is 11.3 Å². The molecule has 0 spiro atoms. The summed E-state index contributed by atoms with van der Waals surface area (Å²) < 4.78 is 18.6. The van der Waals surface area contributed by atoms with Crippen LogP contribution in [0.3, 0.4) is 0 Å². The second-order valence-electron chi connectivity index (χ2n) is 6.19. The van der Waals surface area contributed by atoms with Crippen molar-refractivity contribution in [2.24, 2.45) is 0 Å². The molecule has 2 amide bonds. The van der Waals surface area contributed by atoms with E-state index >= 15 is 0 Å². The van der Waals surface area contributed by atoms with Gasteiger partial charge in [-0.3, -0.25) is 9.59 Å². The molecule has 0 aliphatic carbocycles. The number of nitrogens with one attached hydrogen (secondary N) is 1. The predicted octanol–water partition coefficient (Wildman–Crippen LogP) is 2.76. The molecule has 0 atom stereocenters. The fraction of sp³-hybridized carbons (Fsp3) is 0.300. The molecule has 0 bridgehead atoms. The first-order chi connectivity index (χ1) is 12.6. The molecule has 1 aliphatic heterocycles. The van der Waals surface area contributed by atoms with Crippen molar-refractivity contribution >= 4 is 11.8 Å². The number of amides is 2. The van der Waals surface area contributed by atoms with Crippen LogP contribution in [0.4, 0.5) is 4.39 Å². The molecule has 5 nitrogen and oxygen atoms in total. The number of hydrogen-bond acceptors (Lipinski definition) is 3. The van der Waals surface area contributed by atoms with Crippen molar-refractivity contribution in [3.8, 4) is 5.75 Å². The van der Waals surface area contributed by atoms with Crippen LogP contribution < -0.4 is 10.1 Å². The summed E-state index contributed by atoms with van der Waals surface area (Å²) in [5.41, 5.74) is 1.53. The largest absolute Gasteiger partial charge is 0.481 e. The normalized spacial score (nSPS) is 13.5. The maximum atomic E-state index is 13.4. The second-order valence-corrected chi connectivity index (χ2v) is 6.19. The lowest BCUT2D eigenvalue weighted by atomic mass is 10.1. The minimum absolute atomic E-state index is 0.0485. The fourth-order valence-electron chi connectivity index (χ4n) is 2.82. The van der Waals surface area contributed by atoms with E-state index in [0.29, 0.717) is 12.1 Å². The Bertz CT molecular complexity index is 771. The quantitative estimate of drug-likeness (QED) is 0.866. The fourth-order valence-corrected chi connectivity index (χ4v) is 2.82. The number of nitrogens with zero attached hydrogens (tertiary/aromatic N) is 1. The molecule has 1 saturated heterocycles. The van der Waals surface area contributed by atoms with Crippen LogP contribution in [0.15, 0.2) is 48.5 Å². The van der Waals surface area contributed by atoms with Gasteiger partial charge in [-0.2, -0.15) is 0 Å². The highest BCUT2D eigenvalue weighted by Crippen LogP contribution is 2.15. The number of likely N-dealkylation sites (tertiary alicyclic amines) is 1. The van der Waals surface area contributed by atoms with Gasteiger partial charge in [0, 0.05) is 25.2 Å². The Hall–Kier alpha value is -2.89. The Morgan fingerprint density at radius 1 is 1.04 bits per heavy atom. The van der Waals surface area contributed by atoms with Gasteiger partial charge in [0.05, 0.1) is 0 Å². The zero-order valence-corrected chi connectivity index (χ0v) is 14.4. The maximum absolute atomic E-state index is 13.4. The van der Waals surface area contributed by atoms with E-state index in [1.165, 1.54) is 12.1 Å². The maximum Gasteiger partial charge on any atom is 0.258 e. The molecule has 2 aromatic rings. The predicted molar refractivity (Wildman–Crippen MR) is 95.3 cm³/mol. The van der Waals surface area contributed by atoms with Gasteiger partial charge >= 0.3 is 0 Å². The Balaban J connectivity index is 1.46. The minimum atomic E-state index is -0.501.